The summed E-state index contributed by atoms with van der Waals surface area (Å²) < 4.78 is 0. The van der Waals surface area contributed by atoms with Crippen molar-refractivity contribution in [3.05, 3.63) is 53.2 Å². The molecule has 0 aliphatic rings. The van der Waals surface area contributed by atoms with E-state index >= 15 is 0 Å². The summed E-state index contributed by atoms with van der Waals surface area (Å²) >= 11 is 1.85. The van der Waals surface area contributed by atoms with Crippen LogP contribution in [0.4, 0.5) is 5.82 Å². The van der Waals surface area contributed by atoms with Crippen molar-refractivity contribution in [1.29, 1.82) is 0 Å². The maximum Gasteiger partial charge on any atom is 0.128 e. The molecule has 0 spiro atoms. The standard InChI is InChI=1S/C17H23N3S/c1-4-19-16(15-12(3)10-11-20-17(15)18)13-6-8-14(9-7-13)21-5-2/h6-11,16,19H,4-5H2,1-3H3,(H2,18,20). The van der Waals surface area contributed by atoms with E-state index in [1.54, 1.807) is 6.20 Å². The van der Waals surface area contributed by atoms with E-state index in [1.165, 1.54) is 16.0 Å². The number of nitrogens with two attached hydrogens (primary N) is 1. The Labute approximate surface area is 131 Å². The second-order valence-electron chi connectivity index (χ2n) is 4.92. The molecule has 0 amide bonds. The van der Waals surface area contributed by atoms with Crippen LogP contribution in [-0.2, 0) is 0 Å². The number of aryl methyl sites for hydroxylation is 1. The third kappa shape index (κ3) is 3.77. The lowest BCUT2D eigenvalue weighted by Crippen LogP contribution is -2.24. The number of pyridine rings is 1. The molecule has 2 aromatic rings. The highest BCUT2D eigenvalue weighted by atomic mass is 32.2. The van der Waals surface area contributed by atoms with E-state index in [4.69, 9.17) is 5.73 Å². The largest absolute Gasteiger partial charge is 0.383 e. The Morgan fingerprint density at radius 3 is 2.48 bits per heavy atom. The number of anilines is 1. The molecule has 0 fully saturated rings. The van der Waals surface area contributed by atoms with E-state index in [2.05, 4.69) is 55.3 Å². The minimum Gasteiger partial charge on any atom is -0.383 e. The van der Waals surface area contributed by atoms with E-state index in [-0.39, 0.29) is 6.04 Å². The second kappa shape index (κ2) is 7.48. The zero-order chi connectivity index (χ0) is 15.2. The Balaban J connectivity index is 2.38. The fourth-order valence-corrected chi connectivity index (χ4v) is 3.14. The highest BCUT2D eigenvalue weighted by Crippen LogP contribution is 2.29. The van der Waals surface area contributed by atoms with Gasteiger partial charge in [0.2, 0.25) is 0 Å². The van der Waals surface area contributed by atoms with Crippen LogP contribution in [0.2, 0.25) is 0 Å². The zero-order valence-electron chi connectivity index (χ0n) is 12.9. The lowest BCUT2D eigenvalue weighted by atomic mass is 9.95. The van der Waals surface area contributed by atoms with Gasteiger partial charge in [-0.2, -0.15) is 0 Å². The number of nitrogens with zero attached hydrogens (tertiary/aromatic N) is 1. The molecule has 1 heterocycles. The topological polar surface area (TPSA) is 50.9 Å². The summed E-state index contributed by atoms with van der Waals surface area (Å²) in [6, 6.07) is 10.8. The molecule has 1 atom stereocenters. The normalized spacial score (nSPS) is 12.3. The van der Waals surface area contributed by atoms with Crippen molar-refractivity contribution in [3.8, 4) is 0 Å². The van der Waals surface area contributed by atoms with Gasteiger partial charge < -0.3 is 11.1 Å². The zero-order valence-corrected chi connectivity index (χ0v) is 13.7. The SMILES string of the molecule is CCNC(c1ccc(SCC)cc1)c1c(C)ccnc1N. The monoisotopic (exact) mass is 301 g/mol. The first-order chi connectivity index (χ1) is 10.2. The molecule has 112 valence electrons. The van der Waals surface area contributed by atoms with Gasteiger partial charge >= 0.3 is 0 Å². The molecule has 0 saturated heterocycles. The van der Waals surface area contributed by atoms with E-state index in [0.29, 0.717) is 5.82 Å². The molecule has 1 aromatic heterocycles. The molecule has 3 N–H and O–H groups in total. The van der Waals surface area contributed by atoms with Gasteiger partial charge in [-0.05, 0) is 48.5 Å². The van der Waals surface area contributed by atoms with Crippen molar-refractivity contribution in [3.63, 3.8) is 0 Å². The Hall–Kier alpha value is -1.52. The van der Waals surface area contributed by atoms with Crippen LogP contribution >= 0.6 is 11.8 Å². The third-order valence-electron chi connectivity index (χ3n) is 3.46. The van der Waals surface area contributed by atoms with Crippen molar-refractivity contribution >= 4 is 17.6 Å². The van der Waals surface area contributed by atoms with Crippen LogP contribution in [-0.4, -0.2) is 17.3 Å². The highest BCUT2D eigenvalue weighted by molar-refractivity contribution is 7.99. The fourth-order valence-electron chi connectivity index (χ4n) is 2.48. The van der Waals surface area contributed by atoms with Gasteiger partial charge in [0, 0.05) is 16.7 Å². The third-order valence-corrected chi connectivity index (χ3v) is 4.35. The molecular formula is C17H23N3S. The molecule has 3 nitrogen and oxygen atoms in total. The Morgan fingerprint density at radius 1 is 1.19 bits per heavy atom. The summed E-state index contributed by atoms with van der Waals surface area (Å²) in [5.74, 6) is 1.69. The lowest BCUT2D eigenvalue weighted by Gasteiger charge is -2.22. The number of nitrogens with one attached hydrogen (secondary N) is 1. The van der Waals surface area contributed by atoms with Crippen LogP contribution in [0.3, 0.4) is 0 Å². The molecular weight excluding hydrogens is 278 g/mol. The van der Waals surface area contributed by atoms with E-state index in [0.717, 1.165) is 17.9 Å². The summed E-state index contributed by atoms with van der Waals surface area (Å²) in [5.41, 5.74) is 9.58. The van der Waals surface area contributed by atoms with Crippen LogP contribution < -0.4 is 11.1 Å². The molecule has 21 heavy (non-hydrogen) atoms. The van der Waals surface area contributed by atoms with Gasteiger partial charge in [-0.1, -0.05) is 26.0 Å². The molecule has 0 aliphatic carbocycles. The van der Waals surface area contributed by atoms with Crippen LogP contribution in [0.25, 0.3) is 0 Å². The Kier molecular flexibility index (Phi) is 5.65. The molecule has 1 unspecified atom stereocenters. The van der Waals surface area contributed by atoms with Crippen molar-refractivity contribution in [2.75, 3.05) is 18.0 Å². The summed E-state index contributed by atoms with van der Waals surface area (Å²) in [7, 11) is 0. The van der Waals surface area contributed by atoms with E-state index in [1.807, 2.05) is 17.8 Å². The van der Waals surface area contributed by atoms with Gasteiger partial charge in [0.05, 0.1) is 6.04 Å². The average molecular weight is 301 g/mol. The summed E-state index contributed by atoms with van der Waals surface area (Å²) in [6.07, 6.45) is 1.76. The number of hydrogen-bond acceptors (Lipinski definition) is 4. The van der Waals surface area contributed by atoms with Crippen LogP contribution in [0, 0.1) is 6.92 Å². The van der Waals surface area contributed by atoms with Gasteiger partial charge in [-0.25, -0.2) is 4.98 Å². The summed E-state index contributed by atoms with van der Waals surface area (Å²) in [6.45, 7) is 7.23. The maximum absolute atomic E-state index is 6.11. The molecule has 1 aromatic carbocycles. The van der Waals surface area contributed by atoms with Crippen molar-refractivity contribution in [2.24, 2.45) is 0 Å². The van der Waals surface area contributed by atoms with E-state index in [9.17, 15) is 0 Å². The quantitative estimate of drug-likeness (QED) is 0.797. The van der Waals surface area contributed by atoms with Crippen molar-refractivity contribution in [2.45, 2.75) is 31.7 Å². The lowest BCUT2D eigenvalue weighted by molar-refractivity contribution is 0.627. The first-order valence-electron chi connectivity index (χ1n) is 7.34. The van der Waals surface area contributed by atoms with Gasteiger partial charge in [0.15, 0.2) is 0 Å². The molecule has 0 saturated carbocycles. The minimum atomic E-state index is 0.0874. The number of nitrogen functional groups attached to an aromatic ring is 1. The van der Waals surface area contributed by atoms with Gasteiger partial charge in [-0.15, -0.1) is 11.8 Å². The number of hydrogen-bond donors (Lipinski definition) is 2. The maximum atomic E-state index is 6.11. The Bertz CT molecular complexity index is 561. The first kappa shape index (κ1) is 15.9. The Morgan fingerprint density at radius 2 is 1.90 bits per heavy atom. The van der Waals surface area contributed by atoms with Gasteiger partial charge in [-0.3, -0.25) is 0 Å². The van der Waals surface area contributed by atoms with E-state index < -0.39 is 0 Å². The summed E-state index contributed by atoms with van der Waals surface area (Å²) in [4.78, 5) is 5.55. The molecule has 0 aliphatic heterocycles. The highest BCUT2D eigenvalue weighted by Gasteiger charge is 2.18. The molecule has 0 bridgehead atoms. The van der Waals surface area contributed by atoms with Crippen LogP contribution in [0.1, 0.15) is 36.6 Å². The smallest absolute Gasteiger partial charge is 0.128 e. The number of thioether (sulfide) groups is 1. The fraction of sp³-hybridized carbons (Fsp3) is 0.353. The average Bonchev–Trinajstić information content (AvgIpc) is 2.47. The van der Waals surface area contributed by atoms with Gasteiger partial charge in [0.25, 0.3) is 0 Å². The first-order valence-corrected chi connectivity index (χ1v) is 8.33. The number of rotatable bonds is 6. The predicted octanol–water partition coefficient (Wildman–Crippen LogP) is 3.78. The van der Waals surface area contributed by atoms with Crippen molar-refractivity contribution < 1.29 is 0 Å². The molecule has 2 rings (SSSR count). The predicted molar refractivity (Wildman–Crippen MR) is 91.7 cm³/mol. The van der Waals surface area contributed by atoms with Crippen molar-refractivity contribution in [1.82, 2.24) is 10.3 Å². The summed E-state index contributed by atoms with van der Waals surface area (Å²) in [5, 5.41) is 3.52. The molecule has 0 radical (unpaired) electrons. The van der Waals surface area contributed by atoms with Crippen LogP contribution in [0.5, 0.6) is 0 Å². The number of aromatic nitrogens is 1. The minimum absolute atomic E-state index is 0.0874. The van der Waals surface area contributed by atoms with Crippen LogP contribution in [0.15, 0.2) is 41.4 Å². The van der Waals surface area contributed by atoms with Gasteiger partial charge in [0.1, 0.15) is 5.82 Å². The number of benzene rings is 1. The second-order valence-corrected chi connectivity index (χ2v) is 6.26. The molecule has 4 heteroatoms.